The van der Waals surface area contributed by atoms with Gasteiger partial charge in [-0.05, 0) is 56.2 Å². The van der Waals surface area contributed by atoms with Crippen molar-refractivity contribution >= 4 is 17.6 Å². The van der Waals surface area contributed by atoms with Crippen molar-refractivity contribution in [3.63, 3.8) is 0 Å². The Balaban J connectivity index is 1.84. The van der Waals surface area contributed by atoms with Gasteiger partial charge in [0.25, 0.3) is 0 Å². The summed E-state index contributed by atoms with van der Waals surface area (Å²) in [5.41, 5.74) is 0.0526. The Labute approximate surface area is 136 Å². The van der Waals surface area contributed by atoms with Crippen LogP contribution in [-0.4, -0.2) is 17.2 Å². The lowest BCUT2D eigenvalue weighted by Crippen LogP contribution is -2.37. The first kappa shape index (κ1) is 15.7. The van der Waals surface area contributed by atoms with Gasteiger partial charge in [0.2, 0.25) is 0 Å². The van der Waals surface area contributed by atoms with Crippen LogP contribution in [0.5, 0.6) is 5.75 Å². The highest BCUT2D eigenvalue weighted by Crippen LogP contribution is 2.42. The normalized spacial score (nSPS) is 21.7. The maximum Gasteiger partial charge on any atom is 0.314 e. The Morgan fingerprint density at radius 2 is 1.82 bits per heavy atom. The summed E-state index contributed by atoms with van der Waals surface area (Å²) in [6.45, 7) is 0. The number of hydrogen-bond donors (Lipinski definition) is 1. The minimum atomic E-state index is -0.770. The Morgan fingerprint density at radius 1 is 1.14 bits per heavy atom. The van der Waals surface area contributed by atoms with Crippen molar-refractivity contribution in [1.29, 1.82) is 0 Å². The van der Waals surface area contributed by atoms with E-state index in [1.54, 1.807) is 0 Å². The molecule has 2 fully saturated rings. The average molecular weight is 323 g/mol. The molecule has 0 aliphatic heterocycles. The fourth-order valence-electron chi connectivity index (χ4n) is 3.86. The molecule has 1 aromatic carbocycles. The van der Waals surface area contributed by atoms with Gasteiger partial charge in [-0.1, -0.05) is 36.9 Å². The van der Waals surface area contributed by atoms with E-state index in [-0.39, 0.29) is 6.10 Å². The summed E-state index contributed by atoms with van der Waals surface area (Å²) < 4.78 is 5.96. The number of hydrogen-bond acceptors (Lipinski definition) is 2. The van der Waals surface area contributed by atoms with Crippen LogP contribution in [0.25, 0.3) is 0 Å². The van der Waals surface area contributed by atoms with E-state index in [0.717, 1.165) is 37.7 Å². The monoisotopic (exact) mass is 322 g/mol. The highest BCUT2D eigenvalue weighted by molar-refractivity contribution is 6.32. The SMILES string of the molecule is O=C(O)C1(c2ccc(OC3CCCC3)c(Cl)c2)CCCCC1. The van der Waals surface area contributed by atoms with E-state index in [1.807, 2.05) is 18.2 Å². The molecule has 0 unspecified atom stereocenters. The molecule has 0 spiro atoms. The molecule has 22 heavy (non-hydrogen) atoms. The average Bonchev–Trinajstić information content (AvgIpc) is 3.03. The van der Waals surface area contributed by atoms with Gasteiger partial charge in [-0.2, -0.15) is 0 Å². The summed E-state index contributed by atoms with van der Waals surface area (Å²) in [6, 6.07) is 5.57. The molecule has 0 bridgehead atoms. The smallest absolute Gasteiger partial charge is 0.314 e. The molecular weight excluding hydrogens is 300 g/mol. The van der Waals surface area contributed by atoms with Gasteiger partial charge in [-0.3, -0.25) is 4.79 Å². The Kier molecular flexibility index (Phi) is 4.62. The summed E-state index contributed by atoms with van der Waals surface area (Å²) in [7, 11) is 0. The summed E-state index contributed by atoms with van der Waals surface area (Å²) >= 11 is 6.38. The molecular formula is C18H23ClO3. The van der Waals surface area contributed by atoms with E-state index >= 15 is 0 Å². The first-order valence-electron chi connectivity index (χ1n) is 8.32. The zero-order valence-corrected chi connectivity index (χ0v) is 13.6. The van der Waals surface area contributed by atoms with Crippen molar-refractivity contribution < 1.29 is 14.6 Å². The van der Waals surface area contributed by atoms with E-state index in [2.05, 4.69) is 0 Å². The third kappa shape index (κ3) is 2.96. The van der Waals surface area contributed by atoms with Crippen molar-refractivity contribution in [2.75, 3.05) is 0 Å². The Morgan fingerprint density at radius 3 is 2.41 bits per heavy atom. The fraction of sp³-hybridized carbons (Fsp3) is 0.611. The standard InChI is InChI=1S/C18H23ClO3/c19-15-12-13(18(17(20)21)10-4-1-5-11-18)8-9-16(15)22-14-6-2-3-7-14/h8-9,12,14H,1-7,10-11H2,(H,20,21). The van der Waals surface area contributed by atoms with Gasteiger partial charge in [0, 0.05) is 0 Å². The van der Waals surface area contributed by atoms with Gasteiger partial charge in [0.1, 0.15) is 5.75 Å². The lowest BCUT2D eigenvalue weighted by Gasteiger charge is -2.34. The van der Waals surface area contributed by atoms with Gasteiger partial charge >= 0.3 is 5.97 Å². The second-order valence-electron chi connectivity index (χ2n) is 6.62. The topological polar surface area (TPSA) is 46.5 Å². The molecule has 0 aromatic heterocycles. The van der Waals surface area contributed by atoms with Gasteiger partial charge in [0.05, 0.1) is 16.5 Å². The number of halogens is 1. The van der Waals surface area contributed by atoms with Crippen LogP contribution in [0.4, 0.5) is 0 Å². The van der Waals surface area contributed by atoms with Crippen LogP contribution in [0, 0.1) is 0 Å². The molecule has 3 nitrogen and oxygen atoms in total. The molecule has 0 atom stereocenters. The number of rotatable bonds is 4. The summed E-state index contributed by atoms with van der Waals surface area (Å²) in [5, 5.41) is 10.3. The molecule has 3 rings (SSSR count). The largest absolute Gasteiger partial charge is 0.489 e. The zero-order chi connectivity index (χ0) is 15.6. The second-order valence-corrected chi connectivity index (χ2v) is 7.02. The molecule has 0 heterocycles. The minimum absolute atomic E-state index is 0.256. The van der Waals surface area contributed by atoms with Crippen LogP contribution in [0.2, 0.25) is 5.02 Å². The van der Waals surface area contributed by atoms with Gasteiger partial charge < -0.3 is 9.84 Å². The van der Waals surface area contributed by atoms with Crippen molar-refractivity contribution in [3.05, 3.63) is 28.8 Å². The van der Waals surface area contributed by atoms with Crippen LogP contribution in [0.1, 0.15) is 63.4 Å². The molecule has 2 saturated carbocycles. The van der Waals surface area contributed by atoms with E-state index in [0.29, 0.717) is 23.6 Å². The molecule has 2 aliphatic rings. The second kappa shape index (κ2) is 6.49. The van der Waals surface area contributed by atoms with Crippen molar-refractivity contribution in [1.82, 2.24) is 0 Å². The molecule has 120 valence electrons. The lowest BCUT2D eigenvalue weighted by atomic mass is 9.69. The number of ether oxygens (including phenoxy) is 1. The highest BCUT2D eigenvalue weighted by atomic mass is 35.5. The number of carbonyl (C=O) groups is 1. The number of carboxylic acid groups (broad SMARTS) is 1. The summed E-state index contributed by atoms with van der Waals surface area (Å²) in [4.78, 5) is 11.9. The van der Waals surface area contributed by atoms with Crippen LogP contribution < -0.4 is 4.74 Å². The summed E-state index contributed by atoms with van der Waals surface area (Å²) in [5.74, 6) is -0.0404. The molecule has 0 saturated heterocycles. The van der Waals surface area contributed by atoms with E-state index < -0.39 is 11.4 Å². The van der Waals surface area contributed by atoms with E-state index in [9.17, 15) is 9.90 Å². The number of carboxylic acids is 1. The third-order valence-electron chi connectivity index (χ3n) is 5.20. The van der Waals surface area contributed by atoms with Crippen molar-refractivity contribution in [2.24, 2.45) is 0 Å². The first-order chi connectivity index (χ1) is 10.6. The van der Waals surface area contributed by atoms with Crippen molar-refractivity contribution in [2.45, 2.75) is 69.3 Å². The minimum Gasteiger partial charge on any atom is -0.489 e. The quantitative estimate of drug-likeness (QED) is 0.853. The van der Waals surface area contributed by atoms with Gasteiger partial charge in [-0.15, -0.1) is 0 Å². The first-order valence-corrected chi connectivity index (χ1v) is 8.70. The van der Waals surface area contributed by atoms with E-state index in [4.69, 9.17) is 16.3 Å². The molecule has 1 aromatic rings. The molecule has 0 amide bonds. The molecule has 2 aliphatic carbocycles. The molecule has 4 heteroatoms. The lowest BCUT2D eigenvalue weighted by molar-refractivity contribution is -0.145. The molecule has 1 N–H and O–H groups in total. The van der Waals surface area contributed by atoms with Crippen molar-refractivity contribution in [3.8, 4) is 5.75 Å². The van der Waals surface area contributed by atoms with E-state index in [1.165, 1.54) is 12.8 Å². The Bertz CT molecular complexity index is 543. The zero-order valence-electron chi connectivity index (χ0n) is 12.8. The summed E-state index contributed by atoms with van der Waals surface area (Å²) in [6.07, 6.45) is 9.27. The third-order valence-corrected chi connectivity index (χ3v) is 5.49. The maximum absolute atomic E-state index is 11.9. The molecule has 0 radical (unpaired) electrons. The van der Waals surface area contributed by atoms with Crippen LogP contribution in [0.15, 0.2) is 18.2 Å². The van der Waals surface area contributed by atoms with Gasteiger partial charge in [-0.25, -0.2) is 0 Å². The Hall–Kier alpha value is -1.22. The van der Waals surface area contributed by atoms with Crippen LogP contribution >= 0.6 is 11.6 Å². The predicted octanol–water partition coefficient (Wildman–Crippen LogP) is 4.95. The fourth-order valence-corrected chi connectivity index (χ4v) is 4.09. The predicted molar refractivity (Wildman–Crippen MR) is 86.7 cm³/mol. The van der Waals surface area contributed by atoms with Gasteiger partial charge in [0.15, 0.2) is 0 Å². The van der Waals surface area contributed by atoms with Crippen LogP contribution in [-0.2, 0) is 10.2 Å². The highest BCUT2D eigenvalue weighted by Gasteiger charge is 2.41. The number of benzene rings is 1. The van der Waals surface area contributed by atoms with Crippen LogP contribution in [0.3, 0.4) is 0 Å². The number of aliphatic carboxylic acids is 1. The maximum atomic E-state index is 11.9.